The van der Waals surface area contributed by atoms with Crippen LogP contribution < -0.4 is 10.9 Å². The van der Waals surface area contributed by atoms with Gasteiger partial charge in [-0.05, 0) is 48.7 Å². The number of carbonyl (C=O) groups excluding carboxylic acids is 1. The van der Waals surface area contributed by atoms with E-state index >= 15 is 0 Å². The highest BCUT2D eigenvalue weighted by Crippen LogP contribution is 2.26. The van der Waals surface area contributed by atoms with Gasteiger partial charge in [-0.1, -0.05) is 23.9 Å². The number of amides is 1. The van der Waals surface area contributed by atoms with E-state index < -0.39 is 4.92 Å². The Hall–Kier alpha value is -3.96. The number of nitro groups is 1. The lowest BCUT2D eigenvalue weighted by atomic mass is 10.1. The Balaban J connectivity index is 1.45. The van der Waals surface area contributed by atoms with Gasteiger partial charge in [0.15, 0.2) is 5.16 Å². The molecule has 2 aromatic heterocycles. The maximum Gasteiger partial charge on any atom is 0.269 e. The minimum atomic E-state index is -0.436. The molecule has 37 heavy (non-hydrogen) atoms. The predicted octanol–water partition coefficient (Wildman–Crippen LogP) is 4.30. The Morgan fingerprint density at radius 1 is 1.22 bits per heavy atom. The number of nitro benzene ring substituents is 1. The second-order valence-electron chi connectivity index (χ2n) is 8.65. The zero-order chi connectivity index (χ0) is 25.8. The zero-order valence-electron chi connectivity index (χ0n) is 19.8. The average Bonchev–Trinajstić information content (AvgIpc) is 3.62. The molecule has 1 amide bonds. The van der Waals surface area contributed by atoms with Crippen LogP contribution in [0.25, 0.3) is 10.9 Å². The third-order valence-electron chi connectivity index (χ3n) is 6.09. The first-order valence-electron chi connectivity index (χ1n) is 11.8. The molecule has 1 aliphatic heterocycles. The van der Waals surface area contributed by atoms with Crippen molar-refractivity contribution < 1.29 is 18.9 Å². The molecule has 10 nitrogen and oxygen atoms in total. The number of furan rings is 1. The van der Waals surface area contributed by atoms with Gasteiger partial charge in [-0.3, -0.25) is 24.3 Å². The Labute approximate surface area is 215 Å². The third kappa shape index (κ3) is 5.73. The Bertz CT molecular complexity index is 1490. The molecule has 1 aliphatic rings. The van der Waals surface area contributed by atoms with E-state index in [4.69, 9.17) is 14.1 Å². The van der Waals surface area contributed by atoms with Crippen LogP contribution in [0.4, 0.5) is 5.69 Å². The zero-order valence-corrected chi connectivity index (χ0v) is 20.6. The summed E-state index contributed by atoms with van der Waals surface area (Å²) < 4.78 is 12.6. The van der Waals surface area contributed by atoms with Crippen LogP contribution in [0.15, 0.2) is 75.2 Å². The highest BCUT2D eigenvalue weighted by molar-refractivity contribution is 7.98. The molecule has 1 saturated heterocycles. The van der Waals surface area contributed by atoms with E-state index in [0.717, 1.165) is 18.4 Å². The number of rotatable bonds is 9. The van der Waals surface area contributed by atoms with E-state index in [0.29, 0.717) is 46.3 Å². The van der Waals surface area contributed by atoms with Crippen molar-refractivity contribution in [2.75, 3.05) is 6.61 Å². The van der Waals surface area contributed by atoms with Gasteiger partial charge in [0.2, 0.25) is 0 Å². The molecule has 0 spiro atoms. The molecule has 2 aromatic carbocycles. The minimum Gasteiger partial charge on any atom is -0.467 e. The van der Waals surface area contributed by atoms with Gasteiger partial charge in [-0.25, -0.2) is 4.98 Å². The van der Waals surface area contributed by atoms with Crippen molar-refractivity contribution in [3.63, 3.8) is 0 Å². The molecule has 0 bridgehead atoms. The summed E-state index contributed by atoms with van der Waals surface area (Å²) in [7, 11) is 0. The fourth-order valence-electron chi connectivity index (χ4n) is 4.20. The number of carbonyl (C=O) groups is 1. The summed E-state index contributed by atoms with van der Waals surface area (Å²) in [6.07, 6.45) is 3.25. The Morgan fingerprint density at radius 2 is 2.11 bits per heavy atom. The van der Waals surface area contributed by atoms with Crippen molar-refractivity contribution in [2.24, 2.45) is 0 Å². The number of non-ortho nitro benzene ring substituents is 1. The molecule has 0 aliphatic carbocycles. The summed E-state index contributed by atoms with van der Waals surface area (Å²) in [5.41, 5.74) is 1.30. The smallest absolute Gasteiger partial charge is 0.269 e. The number of benzene rings is 2. The van der Waals surface area contributed by atoms with Crippen molar-refractivity contribution in [2.45, 2.75) is 42.9 Å². The van der Waals surface area contributed by atoms with E-state index in [1.165, 1.54) is 30.2 Å². The second kappa shape index (κ2) is 11.0. The van der Waals surface area contributed by atoms with E-state index in [1.54, 1.807) is 47.0 Å². The molecule has 1 fully saturated rings. The molecular weight excluding hydrogens is 496 g/mol. The van der Waals surface area contributed by atoms with Crippen LogP contribution in [0.2, 0.25) is 0 Å². The first-order chi connectivity index (χ1) is 18.0. The maximum absolute atomic E-state index is 13.5. The molecule has 11 heteroatoms. The molecule has 0 saturated carbocycles. The van der Waals surface area contributed by atoms with Crippen molar-refractivity contribution in [3.8, 4) is 0 Å². The molecule has 190 valence electrons. The number of nitrogens with zero attached hydrogens (tertiary/aromatic N) is 3. The van der Waals surface area contributed by atoms with Crippen molar-refractivity contribution in [1.82, 2.24) is 14.9 Å². The molecule has 1 N–H and O–H groups in total. The van der Waals surface area contributed by atoms with Crippen LogP contribution in [0, 0.1) is 10.1 Å². The van der Waals surface area contributed by atoms with Crippen molar-refractivity contribution in [1.29, 1.82) is 0 Å². The average molecular weight is 521 g/mol. The lowest BCUT2D eigenvalue weighted by molar-refractivity contribution is -0.384. The van der Waals surface area contributed by atoms with E-state index in [-0.39, 0.29) is 29.8 Å². The monoisotopic (exact) mass is 520 g/mol. The first kappa shape index (κ1) is 24.7. The van der Waals surface area contributed by atoms with Crippen LogP contribution in [0.3, 0.4) is 0 Å². The second-order valence-corrected chi connectivity index (χ2v) is 9.60. The summed E-state index contributed by atoms with van der Waals surface area (Å²) in [6.45, 7) is 1.27. The fourth-order valence-corrected chi connectivity index (χ4v) is 5.15. The van der Waals surface area contributed by atoms with E-state index in [2.05, 4.69) is 5.32 Å². The maximum atomic E-state index is 13.5. The van der Waals surface area contributed by atoms with Crippen molar-refractivity contribution in [3.05, 3.63) is 98.2 Å². The minimum absolute atomic E-state index is 0.00604. The van der Waals surface area contributed by atoms with Gasteiger partial charge in [0.1, 0.15) is 5.76 Å². The van der Waals surface area contributed by atoms with Crippen LogP contribution in [0.1, 0.15) is 34.5 Å². The molecule has 1 atom stereocenters. The van der Waals surface area contributed by atoms with Gasteiger partial charge in [0.25, 0.3) is 17.2 Å². The number of fused-ring (bicyclic) bond motifs is 1. The van der Waals surface area contributed by atoms with Gasteiger partial charge in [0.05, 0.1) is 41.3 Å². The molecular formula is C26H24N4O6S. The Kier molecular flexibility index (Phi) is 7.33. The number of hydrogen-bond acceptors (Lipinski definition) is 8. The number of nitrogens with one attached hydrogen (secondary N) is 1. The first-order valence-corrected chi connectivity index (χ1v) is 12.8. The highest BCUT2D eigenvalue weighted by atomic mass is 32.2. The number of ether oxygens (including phenoxy) is 1. The third-order valence-corrected chi connectivity index (χ3v) is 7.13. The topological polar surface area (TPSA) is 130 Å². The lowest BCUT2D eigenvalue weighted by Gasteiger charge is -2.17. The summed E-state index contributed by atoms with van der Waals surface area (Å²) in [4.78, 5) is 41.7. The molecule has 5 rings (SSSR count). The quantitative estimate of drug-likeness (QED) is 0.150. The molecule has 0 unspecified atom stereocenters. The van der Waals surface area contributed by atoms with Crippen molar-refractivity contribution >= 4 is 34.3 Å². The van der Waals surface area contributed by atoms with Crippen LogP contribution in [-0.4, -0.2) is 33.1 Å². The summed E-state index contributed by atoms with van der Waals surface area (Å²) in [6, 6.07) is 14.7. The normalized spacial score (nSPS) is 15.2. The van der Waals surface area contributed by atoms with Gasteiger partial charge in [-0.15, -0.1) is 0 Å². The van der Waals surface area contributed by atoms with Crippen LogP contribution in [-0.2, 0) is 23.6 Å². The van der Waals surface area contributed by atoms with Gasteiger partial charge in [-0.2, -0.15) is 0 Å². The summed E-state index contributed by atoms with van der Waals surface area (Å²) in [5.74, 6) is 0.702. The lowest BCUT2D eigenvalue weighted by Crippen LogP contribution is -2.29. The fraction of sp³-hybridized carbons (Fsp3) is 0.269. The summed E-state index contributed by atoms with van der Waals surface area (Å²) >= 11 is 1.32. The van der Waals surface area contributed by atoms with Gasteiger partial charge >= 0.3 is 0 Å². The van der Waals surface area contributed by atoms with Gasteiger partial charge in [0, 0.05) is 30.1 Å². The number of thioether (sulfide) groups is 1. The molecule has 4 aromatic rings. The van der Waals surface area contributed by atoms with Gasteiger partial charge < -0.3 is 14.5 Å². The number of hydrogen-bond donors (Lipinski definition) is 1. The van der Waals surface area contributed by atoms with E-state index in [9.17, 15) is 19.7 Å². The summed E-state index contributed by atoms with van der Waals surface area (Å²) in [5, 5.41) is 14.8. The highest BCUT2D eigenvalue weighted by Gasteiger charge is 2.21. The van der Waals surface area contributed by atoms with Crippen LogP contribution in [0.5, 0.6) is 0 Å². The standard InChI is InChI=1S/C26H24N4O6S/c31-24(27-14-20-6-2-10-35-20)18-8-9-22-23(13-18)28-26(29(25(22)32)15-21-7-3-11-36-21)37-16-17-4-1-5-19(12-17)30(33)34/h1-2,4-6,8-10,12-13,21H,3,7,11,14-16H2,(H,27,31)/t21-/m0/s1. The Morgan fingerprint density at radius 3 is 2.86 bits per heavy atom. The van der Waals surface area contributed by atoms with Crippen LogP contribution >= 0.6 is 11.8 Å². The number of aromatic nitrogens is 2. The largest absolute Gasteiger partial charge is 0.467 e. The molecule has 0 radical (unpaired) electrons. The predicted molar refractivity (Wildman–Crippen MR) is 138 cm³/mol. The van der Waals surface area contributed by atoms with E-state index in [1.807, 2.05) is 0 Å². The SMILES string of the molecule is O=C(NCc1ccco1)c1ccc2c(=O)n(C[C@@H]3CCCO3)c(SCc3cccc([N+](=O)[O-])c3)nc2c1. The molecule has 3 heterocycles.